The Bertz CT molecular complexity index is 97.1. The molecule has 0 aliphatic carbocycles. The molecule has 0 saturated carbocycles. The largest absolute Gasteiger partial charge is 0.469 e. The summed E-state index contributed by atoms with van der Waals surface area (Å²) in [6.45, 7) is 9.15. The third-order valence-electron chi connectivity index (χ3n) is 1.19. The summed E-state index contributed by atoms with van der Waals surface area (Å²) in [4.78, 5) is 10.6. The van der Waals surface area contributed by atoms with E-state index < -0.39 is 5.92 Å². The van der Waals surface area contributed by atoms with E-state index in [9.17, 15) is 4.79 Å². The van der Waals surface area contributed by atoms with Gasteiger partial charge in [0.2, 0.25) is 0 Å². The minimum Gasteiger partial charge on any atom is -0.469 e. The van der Waals surface area contributed by atoms with Crippen molar-refractivity contribution in [3.63, 3.8) is 0 Å². The fraction of sp³-hybridized carbons (Fsp3) is 0.714. The first-order chi connectivity index (χ1) is 4.09. The second-order valence-corrected chi connectivity index (χ2v) is 2.29. The second-order valence-electron chi connectivity index (χ2n) is 2.29. The predicted molar refractivity (Wildman–Crippen MR) is 34.6 cm³/mol. The molecule has 52 valence electrons. The van der Waals surface area contributed by atoms with Gasteiger partial charge in [0.1, 0.15) is 0 Å². The van der Waals surface area contributed by atoms with E-state index in [-0.39, 0.29) is 11.9 Å². The van der Waals surface area contributed by atoms with Crippen molar-refractivity contribution in [1.29, 1.82) is 0 Å². The summed E-state index contributed by atoms with van der Waals surface area (Å²) < 4.78 is 4.41. The summed E-state index contributed by atoms with van der Waals surface area (Å²) in [7, 11) is 1.34. The van der Waals surface area contributed by atoms with Gasteiger partial charge in [0.15, 0.2) is 0 Å². The first-order valence-electron chi connectivity index (χ1n) is 2.93. The summed E-state index contributed by atoms with van der Waals surface area (Å²) in [5, 5.41) is 0. The van der Waals surface area contributed by atoms with Gasteiger partial charge in [-0.1, -0.05) is 13.8 Å². The second kappa shape index (κ2) is 3.49. The maximum atomic E-state index is 10.6. The molecule has 0 aliphatic heterocycles. The van der Waals surface area contributed by atoms with Gasteiger partial charge in [-0.15, -0.1) is 0 Å². The molecule has 0 fully saturated rings. The third-order valence-corrected chi connectivity index (χ3v) is 1.19. The molecular formula is C7H12O2. The Kier molecular flexibility index (Phi) is 3.28. The van der Waals surface area contributed by atoms with Crippen LogP contribution < -0.4 is 0 Å². The average Bonchev–Trinajstić information content (AvgIpc) is 1.84. The minimum atomic E-state index is -0.477. The van der Waals surface area contributed by atoms with Gasteiger partial charge in [0.05, 0.1) is 13.0 Å². The lowest BCUT2D eigenvalue weighted by molar-refractivity contribution is -0.145. The highest BCUT2D eigenvalue weighted by Crippen LogP contribution is 2.09. The number of methoxy groups -OCH3 is 1. The highest BCUT2D eigenvalue weighted by Gasteiger charge is 2.16. The molecule has 0 heterocycles. The minimum absolute atomic E-state index is 0.150. The molecule has 0 N–H and O–H groups in total. The Hall–Kier alpha value is -0.530. The van der Waals surface area contributed by atoms with Crippen molar-refractivity contribution >= 4 is 5.97 Å². The third kappa shape index (κ3) is 2.49. The lowest BCUT2D eigenvalue weighted by atomic mass is 9.99. The van der Waals surface area contributed by atoms with Crippen molar-refractivity contribution in [3.8, 4) is 0 Å². The van der Waals surface area contributed by atoms with Gasteiger partial charge >= 0.3 is 5.97 Å². The SMILES string of the molecule is [CH][C@H](C(=O)OC)C(C)C. The molecule has 0 spiro atoms. The van der Waals surface area contributed by atoms with Crippen molar-refractivity contribution in [2.45, 2.75) is 13.8 Å². The topological polar surface area (TPSA) is 26.3 Å². The molecule has 2 heteroatoms. The van der Waals surface area contributed by atoms with Gasteiger partial charge in [0.25, 0.3) is 0 Å². The molecule has 0 unspecified atom stereocenters. The van der Waals surface area contributed by atoms with Crippen molar-refractivity contribution < 1.29 is 9.53 Å². The Morgan fingerprint density at radius 3 is 2.11 bits per heavy atom. The van der Waals surface area contributed by atoms with E-state index in [2.05, 4.69) is 4.74 Å². The molecule has 0 rings (SSSR count). The first-order valence-corrected chi connectivity index (χ1v) is 2.93. The molecule has 0 aromatic carbocycles. The summed E-state index contributed by atoms with van der Waals surface area (Å²) in [5.41, 5.74) is 0. The fourth-order valence-electron chi connectivity index (χ4n) is 0.408. The zero-order valence-electron chi connectivity index (χ0n) is 6.05. The summed E-state index contributed by atoms with van der Waals surface area (Å²) in [6.07, 6.45) is 0. The van der Waals surface area contributed by atoms with Crippen LogP contribution in [0.2, 0.25) is 0 Å². The van der Waals surface area contributed by atoms with Crippen LogP contribution in [0.25, 0.3) is 0 Å². The molecule has 0 aromatic rings. The van der Waals surface area contributed by atoms with E-state index in [1.165, 1.54) is 7.11 Å². The number of esters is 1. The molecule has 9 heavy (non-hydrogen) atoms. The molecule has 0 saturated heterocycles. The van der Waals surface area contributed by atoms with E-state index in [1.54, 1.807) is 0 Å². The highest BCUT2D eigenvalue weighted by atomic mass is 16.5. The van der Waals surface area contributed by atoms with Crippen LogP contribution in [0.4, 0.5) is 0 Å². The van der Waals surface area contributed by atoms with Gasteiger partial charge in [-0.05, 0) is 12.8 Å². The van der Waals surface area contributed by atoms with Crippen LogP contribution in [0.15, 0.2) is 0 Å². The zero-order valence-corrected chi connectivity index (χ0v) is 6.05. The van der Waals surface area contributed by atoms with Crippen molar-refractivity contribution in [1.82, 2.24) is 0 Å². The van der Waals surface area contributed by atoms with E-state index >= 15 is 0 Å². The van der Waals surface area contributed by atoms with E-state index in [0.717, 1.165) is 0 Å². The maximum Gasteiger partial charge on any atom is 0.309 e. The number of rotatable bonds is 2. The molecule has 1 atom stereocenters. The Labute approximate surface area is 56.2 Å². The molecular weight excluding hydrogens is 116 g/mol. The van der Waals surface area contributed by atoms with E-state index in [1.807, 2.05) is 13.8 Å². The van der Waals surface area contributed by atoms with Crippen LogP contribution in [-0.4, -0.2) is 13.1 Å². The van der Waals surface area contributed by atoms with Gasteiger partial charge in [-0.2, -0.15) is 0 Å². The predicted octanol–water partition coefficient (Wildman–Crippen LogP) is 1.14. The van der Waals surface area contributed by atoms with Crippen LogP contribution in [0, 0.1) is 18.8 Å². The normalized spacial score (nSPS) is 13.4. The summed E-state index contributed by atoms with van der Waals surface area (Å²) >= 11 is 0. The van der Waals surface area contributed by atoms with Crippen LogP contribution >= 0.6 is 0 Å². The number of hydrogen-bond acceptors (Lipinski definition) is 2. The smallest absolute Gasteiger partial charge is 0.309 e. The van der Waals surface area contributed by atoms with Crippen molar-refractivity contribution in [2.75, 3.05) is 7.11 Å². The van der Waals surface area contributed by atoms with Crippen LogP contribution in [0.1, 0.15) is 13.8 Å². The van der Waals surface area contributed by atoms with Gasteiger partial charge < -0.3 is 4.74 Å². The van der Waals surface area contributed by atoms with Crippen LogP contribution in [-0.2, 0) is 9.53 Å². The van der Waals surface area contributed by atoms with Crippen LogP contribution in [0.5, 0.6) is 0 Å². The molecule has 0 bridgehead atoms. The quantitative estimate of drug-likeness (QED) is 0.521. The number of ether oxygens (including phenoxy) is 1. The monoisotopic (exact) mass is 128 g/mol. The highest BCUT2D eigenvalue weighted by molar-refractivity contribution is 5.73. The average molecular weight is 128 g/mol. The molecule has 0 amide bonds. The standard InChI is InChI=1S/C7H12O2/c1-5(2)6(3)7(8)9-4/h3,5-6H,1-2,4H3/t6-/m0/s1. The van der Waals surface area contributed by atoms with E-state index in [4.69, 9.17) is 6.92 Å². The first kappa shape index (κ1) is 8.47. The summed E-state index contributed by atoms with van der Waals surface area (Å²) in [6, 6.07) is 0. The lowest BCUT2D eigenvalue weighted by Gasteiger charge is -2.10. The summed E-state index contributed by atoms with van der Waals surface area (Å²) in [5.74, 6) is -0.669. The Morgan fingerprint density at radius 2 is 2.00 bits per heavy atom. The Morgan fingerprint density at radius 1 is 1.56 bits per heavy atom. The Balaban J connectivity index is 3.72. The number of carbonyl (C=O) groups excluding carboxylic acids is 1. The number of hydrogen-bond donors (Lipinski definition) is 0. The molecule has 0 aromatic heterocycles. The molecule has 2 nitrogen and oxygen atoms in total. The van der Waals surface area contributed by atoms with Crippen molar-refractivity contribution in [3.05, 3.63) is 6.92 Å². The fourth-order valence-corrected chi connectivity index (χ4v) is 0.408. The maximum absolute atomic E-state index is 10.6. The zero-order chi connectivity index (χ0) is 7.44. The molecule has 2 radical (unpaired) electrons. The van der Waals surface area contributed by atoms with Gasteiger partial charge in [-0.25, -0.2) is 0 Å². The van der Waals surface area contributed by atoms with Crippen molar-refractivity contribution in [2.24, 2.45) is 11.8 Å². The van der Waals surface area contributed by atoms with Crippen LogP contribution in [0.3, 0.4) is 0 Å². The van der Waals surface area contributed by atoms with E-state index in [0.29, 0.717) is 0 Å². The lowest BCUT2D eigenvalue weighted by Crippen LogP contribution is -2.18. The number of carbonyl (C=O) groups is 1. The molecule has 0 aliphatic rings. The van der Waals surface area contributed by atoms with Gasteiger partial charge in [-0.3, -0.25) is 4.79 Å². The van der Waals surface area contributed by atoms with Gasteiger partial charge in [0, 0.05) is 0 Å².